The molecule has 1 N–H and O–H groups in total. The van der Waals surface area contributed by atoms with E-state index < -0.39 is 10.0 Å². The van der Waals surface area contributed by atoms with E-state index in [1.165, 1.54) is 0 Å². The van der Waals surface area contributed by atoms with Crippen LogP contribution in [0.25, 0.3) is 0 Å². The standard InChI is InChI=1S/C15H26N2O2S2/c1-11(2)17(10-14-6-5-7-16-9-14)21(18,19)15-8-12(3)20-13(15)4/h8,11,14,16H,5-7,9-10H2,1-4H3. The number of rotatable bonds is 5. The average Bonchev–Trinajstić information content (AvgIpc) is 2.76. The topological polar surface area (TPSA) is 49.4 Å². The van der Waals surface area contributed by atoms with E-state index in [1.807, 2.05) is 33.8 Å². The van der Waals surface area contributed by atoms with Crippen LogP contribution in [0.5, 0.6) is 0 Å². The van der Waals surface area contributed by atoms with Crippen LogP contribution in [0.15, 0.2) is 11.0 Å². The maximum atomic E-state index is 13.0. The molecule has 1 atom stereocenters. The third-order valence-corrected chi connectivity index (χ3v) is 7.26. The number of hydrogen-bond acceptors (Lipinski definition) is 4. The van der Waals surface area contributed by atoms with E-state index in [0.29, 0.717) is 17.4 Å². The molecule has 1 saturated heterocycles. The average molecular weight is 331 g/mol. The lowest BCUT2D eigenvalue weighted by atomic mass is 9.99. The van der Waals surface area contributed by atoms with E-state index in [0.717, 1.165) is 35.7 Å². The zero-order valence-electron chi connectivity index (χ0n) is 13.3. The molecule has 0 saturated carbocycles. The van der Waals surface area contributed by atoms with Gasteiger partial charge in [0.1, 0.15) is 0 Å². The molecule has 1 unspecified atom stereocenters. The van der Waals surface area contributed by atoms with Crippen molar-refractivity contribution in [1.29, 1.82) is 0 Å². The molecule has 0 spiro atoms. The van der Waals surface area contributed by atoms with E-state index in [2.05, 4.69) is 5.32 Å². The summed E-state index contributed by atoms with van der Waals surface area (Å²) in [7, 11) is -3.39. The summed E-state index contributed by atoms with van der Waals surface area (Å²) in [5.74, 6) is 0.413. The van der Waals surface area contributed by atoms with Gasteiger partial charge in [0.2, 0.25) is 10.0 Å². The van der Waals surface area contributed by atoms with Crippen LogP contribution in [0.4, 0.5) is 0 Å². The van der Waals surface area contributed by atoms with E-state index >= 15 is 0 Å². The second-order valence-electron chi connectivity index (χ2n) is 6.16. The van der Waals surface area contributed by atoms with Crippen molar-refractivity contribution in [2.45, 2.75) is 51.5 Å². The van der Waals surface area contributed by atoms with Crippen molar-refractivity contribution in [3.63, 3.8) is 0 Å². The van der Waals surface area contributed by atoms with Crippen molar-refractivity contribution < 1.29 is 8.42 Å². The van der Waals surface area contributed by atoms with Crippen molar-refractivity contribution in [2.24, 2.45) is 5.92 Å². The Balaban J connectivity index is 2.25. The smallest absolute Gasteiger partial charge is 0.244 e. The summed E-state index contributed by atoms with van der Waals surface area (Å²) in [6.45, 7) is 10.4. The second-order valence-corrected chi connectivity index (χ2v) is 9.48. The predicted molar refractivity (Wildman–Crippen MR) is 88.4 cm³/mol. The van der Waals surface area contributed by atoms with Gasteiger partial charge in [0.15, 0.2) is 0 Å². The van der Waals surface area contributed by atoms with Gasteiger partial charge in [-0.1, -0.05) is 0 Å². The number of thiophene rings is 1. The van der Waals surface area contributed by atoms with Gasteiger partial charge in [-0.25, -0.2) is 8.42 Å². The molecule has 6 heteroatoms. The first-order valence-electron chi connectivity index (χ1n) is 7.62. The molecule has 0 bridgehead atoms. The Bertz CT molecular complexity index is 572. The second kappa shape index (κ2) is 6.77. The molecule has 1 aliphatic rings. The largest absolute Gasteiger partial charge is 0.316 e. The van der Waals surface area contributed by atoms with Crippen LogP contribution in [-0.2, 0) is 10.0 Å². The van der Waals surface area contributed by atoms with Crippen LogP contribution in [0, 0.1) is 19.8 Å². The molecule has 120 valence electrons. The van der Waals surface area contributed by atoms with Gasteiger partial charge in [0, 0.05) is 22.3 Å². The molecule has 2 rings (SSSR count). The lowest BCUT2D eigenvalue weighted by molar-refractivity contribution is 0.264. The van der Waals surface area contributed by atoms with Gasteiger partial charge in [-0.3, -0.25) is 0 Å². The highest BCUT2D eigenvalue weighted by molar-refractivity contribution is 7.89. The van der Waals surface area contributed by atoms with Crippen molar-refractivity contribution >= 4 is 21.4 Å². The highest BCUT2D eigenvalue weighted by Gasteiger charge is 2.31. The minimum absolute atomic E-state index is 0.0171. The molecule has 21 heavy (non-hydrogen) atoms. The lowest BCUT2D eigenvalue weighted by Gasteiger charge is -2.32. The molecule has 1 aromatic rings. The van der Waals surface area contributed by atoms with E-state index in [1.54, 1.807) is 15.6 Å². The Morgan fingerprint density at radius 2 is 2.14 bits per heavy atom. The minimum atomic E-state index is -3.39. The summed E-state index contributed by atoms with van der Waals surface area (Å²) in [6, 6.07) is 1.79. The molecule has 1 fully saturated rings. The van der Waals surface area contributed by atoms with Crippen molar-refractivity contribution in [1.82, 2.24) is 9.62 Å². The highest BCUT2D eigenvalue weighted by Crippen LogP contribution is 2.29. The first-order valence-corrected chi connectivity index (χ1v) is 9.87. The summed E-state index contributed by atoms with van der Waals surface area (Å²) < 4.78 is 27.7. The van der Waals surface area contributed by atoms with E-state index in [4.69, 9.17) is 0 Å². The maximum absolute atomic E-state index is 13.0. The molecule has 0 radical (unpaired) electrons. The van der Waals surface area contributed by atoms with Gasteiger partial charge in [0.25, 0.3) is 0 Å². The quantitative estimate of drug-likeness (QED) is 0.903. The van der Waals surface area contributed by atoms with Crippen molar-refractivity contribution in [3.8, 4) is 0 Å². The monoisotopic (exact) mass is 330 g/mol. The molecular formula is C15H26N2O2S2. The Labute approximate surface area is 132 Å². The fraction of sp³-hybridized carbons (Fsp3) is 0.733. The SMILES string of the molecule is Cc1cc(S(=O)(=O)N(CC2CCCNC2)C(C)C)c(C)s1. The highest BCUT2D eigenvalue weighted by atomic mass is 32.2. The van der Waals surface area contributed by atoms with E-state index in [-0.39, 0.29) is 6.04 Å². The fourth-order valence-corrected chi connectivity index (χ4v) is 6.15. The zero-order chi connectivity index (χ0) is 15.6. The third kappa shape index (κ3) is 3.86. The number of piperidine rings is 1. The normalized spacial score (nSPS) is 20.4. The number of aryl methyl sites for hydroxylation is 2. The molecule has 1 aromatic heterocycles. The minimum Gasteiger partial charge on any atom is -0.316 e. The Morgan fingerprint density at radius 3 is 2.62 bits per heavy atom. The maximum Gasteiger partial charge on any atom is 0.244 e. The molecule has 2 heterocycles. The van der Waals surface area contributed by atoms with Gasteiger partial charge in [-0.05, 0) is 65.6 Å². The Morgan fingerprint density at radius 1 is 1.43 bits per heavy atom. The molecule has 0 aliphatic carbocycles. The number of sulfonamides is 1. The lowest BCUT2D eigenvalue weighted by Crippen LogP contribution is -2.44. The zero-order valence-corrected chi connectivity index (χ0v) is 15.0. The van der Waals surface area contributed by atoms with Crippen molar-refractivity contribution in [2.75, 3.05) is 19.6 Å². The first-order chi connectivity index (χ1) is 9.82. The van der Waals surface area contributed by atoms with Crippen LogP contribution in [0.1, 0.15) is 36.4 Å². The van der Waals surface area contributed by atoms with Gasteiger partial charge in [-0.2, -0.15) is 4.31 Å². The number of nitrogens with zero attached hydrogens (tertiary/aromatic N) is 1. The number of hydrogen-bond donors (Lipinski definition) is 1. The van der Waals surface area contributed by atoms with Gasteiger partial charge < -0.3 is 5.32 Å². The predicted octanol–water partition coefficient (Wildman–Crippen LogP) is 2.76. The summed E-state index contributed by atoms with van der Waals surface area (Å²) in [6.07, 6.45) is 2.24. The van der Waals surface area contributed by atoms with Crippen LogP contribution in [0.3, 0.4) is 0 Å². The first kappa shape index (κ1) is 16.9. The van der Waals surface area contributed by atoms with E-state index in [9.17, 15) is 8.42 Å². The van der Waals surface area contributed by atoms with Crippen molar-refractivity contribution in [3.05, 3.63) is 15.8 Å². The molecule has 0 amide bonds. The van der Waals surface area contributed by atoms with Crippen LogP contribution < -0.4 is 5.32 Å². The Kier molecular flexibility index (Phi) is 5.46. The van der Waals surface area contributed by atoms with Gasteiger partial charge >= 0.3 is 0 Å². The van der Waals surface area contributed by atoms with Gasteiger partial charge in [-0.15, -0.1) is 11.3 Å². The summed E-state index contributed by atoms with van der Waals surface area (Å²) in [5.41, 5.74) is 0. The molecule has 1 aliphatic heterocycles. The summed E-state index contributed by atoms with van der Waals surface area (Å²) in [4.78, 5) is 2.43. The fourth-order valence-electron chi connectivity index (χ4n) is 2.91. The Hall–Kier alpha value is -0.430. The van der Waals surface area contributed by atoms with Gasteiger partial charge in [0.05, 0.1) is 4.90 Å². The molecule has 0 aromatic carbocycles. The summed E-state index contributed by atoms with van der Waals surface area (Å²) >= 11 is 1.55. The van der Waals surface area contributed by atoms with Crippen LogP contribution in [-0.4, -0.2) is 38.4 Å². The molecule has 4 nitrogen and oxygen atoms in total. The molecular weight excluding hydrogens is 304 g/mol. The van der Waals surface area contributed by atoms with Crippen LogP contribution in [0.2, 0.25) is 0 Å². The van der Waals surface area contributed by atoms with Crippen LogP contribution >= 0.6 is 11.3 Å². The number of nitrogens with one attached hydrogen (secondary N) is 1. The summed E-state index contributed by atoms with van der Waals surface area (Å²) in [5, 5.41) is 3.37. The third-order valence-electron chi connectivity index (χ3n) is 4.00.